The Bertz CT molecular complexity index is 2030. The summed E-state index contributed by atoms with van der Waals surface area (Å²) in [6.07, 6.45) is 3.49. The predicted octanol–water partition coefficient (Wildman–Crippen LogP) is 5.83. The smallest absolute Gasteiger partial charge is 0.303 e. The third-order valence-electron chi connectivity index (χ3n) is 11.4. The van der Waals surface area contributed by atoms with Crippen LogP contribution in [0.2, 0.25) is 5.02 Å². The van der Waals surface area contributed by atoms with E-state index in [0.29, 0.717) is 41.0 Å². The van der Waals surface area contributed by atoms with Gasteiger partial charge in [-0.2, -0.15) is 5.01 Å². The average molecular weight is 760 g/mol. The molecule has 2 heterocycles. The number of likely N-dealkylation sites (tertiary alicyclic amines) is 1. The summed E-state index contributed by atoms with van der Waals surface area (Å²) in [5.41, 5.74) is 2.99. The van der Waals surface area contributed by atoms with Crippen molar-refractivity contribution < 1.29 is 48.0 Å². The number of nitrogens with zero attached hydrogens (tertiary/aromatic N) is 2. The fourth-order valence-electron chi connectivity index (χ4n) is 9.19. The number of aromatic hydroxyl groups is 1. The number of nitrogens with one attached hydrogen (secondary N) is 1. The number of benzene rings is 3. The molecule has 0 radical (unpaired) electrons. The molecule has 12 nitrogen and oxygen atoms in total. The molecule has 3 aromatic rings. The minimum Gasteiger partial charge on any atom is -0.508 e. The van der Waals surface area contributed by atoms with Gasteiger partial charge < -0.3 is 19.7 Å². The second kappa shape index (κ2) is 14.4. The number of halogens is 2. The van der Waals surface area contributed by atoms with E-state index in [1.54, 1.807) is 24.3 Å². The second-order valence-electron chi connectivity index (χ2n) is 14.2. The molecule has 0 bridgehead atoms. The quantitative estimate of drug-likeness (QED) is 0.116. The third kappa shape index (κ3) is 5.94. The molecule has 6 atom stereocenters. The summed E-state index contributed by atoms with van der Waals surface area (Å²) in [6.45, 7) is 0.139. The number of methoxy groups -OCH3 is 2. The van der Waals surface area contributed by atoms with Crippen molar-refractivity contribution in [2.24, 2.45) is 23.7 Å². The van der Waals surface area contributed by atoms with E-state index in [1.807, 2.05) is 6.08 Å². The molecule has 14 heteroatoms. The Morgan fingerprint density at radius 3 is 2.22 bits per heavy atom. The highest BCUT2D eigenvalue weighted by molar-refractivity contribution is 6.30. The van der Waals surface area contributed by atoms with Crippen LogP contribution in [0.1, 0.15) is 55.6 Å². The lowest BCUT2D eigenvalue weighted by atomic mass is 9.49. The number of amides is 4. The number of carboxylic acids is 1. The van der Waals surface area contributed by atoms with Gasteiger partial charge in [0.2, 0.25) is 11.8 Å². The summed E-state index contributed by atoms with van der Waals surface area (Å²) in [4.78, 5) is 70.7. The molecule has 6 unspecified atom stereocenters. The van der Waals surface area contributed by atoms with Crippen molar-refractivity contribution in [1.82, 2.24) is 9.91 Å². The van der Waals surface area contributed by atoms with Gasteiger partial charge >= 0.3 is 5.97 Å². The summed E-state index contributed by atoms with van der Waals surface area (Å²) in [5.74, 6) is -7.45. The van der Waals surface area contributed by atoms with E-state index in [1.165, 1.54) is 55.5 Å². The van der Waals surface area contributed by atoms with Gasteiger partial charge in [0.1, 0.15) is 23.1 Å². The van der Waals surface area contributed by atoms with Crippen molar-refractivity contribution >= 4 is 46.9 Å². The van der Waals surface area contributed by atoms with Gasteiger partial charge in [0.25, 0.3) is 11.8 Å². The molecular weight excluding hydrogens is 721 g/mol. The highest BCUT2D eigenvalue weighted by Gasteiger charge is 2.71. The van der Waals surface area contributed by atoms with Crippen LogP contribution in [-0.2, 0) is 29.4 Å². The van der Waals surface area contributed by atoms with E-state index in [-0.39, 0.29) is 60.6 Å². The fraction of sp³-hybridized carbons (Fsp3) is 0.375. The first-order valence-electron chi connectivity index (χ1n) is 17.8. The van der Waals surface area contributed by atoms with Crippen LogP contribution in [0.5, 0.6) is 17.2 Å². The normalized spacial score (nSPS) is 25.9. The number of carbonyl (C=O) groups excluding carboxylic acids is 4. The van der Waals surface area contributed by atoms with Gasteiger partial charge in [0.15, 0.2) is 0 Å². The highest BCUT2D eigenvalue weighted by atomic mass is 35.5. The zero-order valence-corrected chi connectivity index (χ0v) is 30.3. The Balaban J connectivity index is 1.40. The Hall–Kier alpha value is -5.43. The van der Waals surface area contributed by atoms with Gasteiger partial charge in [-0.05, 0) is 73.6 Å². The monoisotopic (exact) mass is 759 g/mol. The van der Waals surface area contributed by atoms with E-state index < -0.39 is 58.6 Å². The first kappa shape index (κ1) is 36.9. The lowest BCUT2D eigenvalue weighted by molar-refractivity contribution is -0.141. The Morgan fingerprint density at radius 2 is 1.59 bits per heavy atom. The Morgan fingerprint density at radius 1 is 0.926 bits per heavy atom. The van der Waals surface area contributed by atoms with Crippen LogP contribution in [0.4, 0.5) is 10.1 Å². The van der Waals surface area contributed by atoms with Crippen molar-refractivity contribution in [1.29, 1.82) is 0 Å². The molecule has 3 fully saturated rings. The predicted molar refractivity (Wildman–Crippen MR) is 193 cm³/mol. The van der Waals surface area contributed by atoms with Gasteiger partial charge in [-0.15, -0.1) is 0 Å². The number of hydrogen-bond donors (Lipinski definition) is 3. The molecule has 54 heavy (non-hydrogen) atoms. The molecular formula is C40H39ClFN3O9. The third-order valence-corrected chi connectivity index (χ3v) is 11.7. The fourth-order valence-corrected chi connectivity index (χ4v) is 9.31. The lowest BCUT2D eigenvalue weighted by Gasteiger charge is -2.51. The maximum absolute atomic E-state index is 15.4. The Kier molecular flexibility index (Phi) is 9.86. The second-order valence-corrected chi connectivity index (χ2v) is 14.6. The number of anilines is 1. The van der Waals surface area contributed by atoms with Crippen LogP contribution in [0.25, 0.3) is 0 Å². The summed E-state index contributed by atoms with van der Waals surface area (Å²) < 4.78 is 25.6. The van der Waals surface area contributed by atoms with Crippen molar-refractivity contribution in [2.45, 2.75) is 49.9 Å². The molecule has 0 aromatic heterocycles. The minimum absolute atomic E-state index is 0.00931. The van der Waals surface area contributed by atoms with Crippen LogP contribution in [0.3, 0.4) is 0 Å². The number of phenols is 1. The molecule has 4 amide bonds. The maximum Gasteiger partial charge on any atom is 0.303 e. The number of rotatable bonds is 12. The first-order chi connectivity index (χ1) is 25.9. The van der Waals surface area contributed by atoms with Crippen LogP contribution < -0.4 is 14.9 Å². The molecule has 0 spiro atoms. The molecule has 2 aliphatic heterocycles. The minimum atomic E-state index is -1.68. The number of allylic oxidation sites excluding steroid dienone is 2. The van der Waals surface area contributed by atoms with Crippen molar-refractivity contribution in [3.8, 4) is 17.2 Å². The number of unbranched alkanes of at least 4 members (excludes halogenated alkanes) is 2. The number of carbonyl (C=O) groups is 5. The lowest BCUT2D eigenvalue weighted by Crippen LogP contribution is -2.53. The summed E-state index contributed by atoms with van der Waals surface area (Å²) in [7, 11) is 2.82. The van der Waals surface area contributed by atoms with Crippen LogP contribution in [0, 0.1) is 29.5 Å². The molecule has 282 valence electrons. The highest BCUT2D eigenvalue weighted by Crippen LogP contribution is 2.66. The standard InChI is InChI=1S/C40H39ClFN3O9/c1-53-30-18-25(46)19-31(54-2)34(30)35-26-15-16-27-33(38(51)44(36(27)49)17-5-3-4-6-32(47)48)28(26)20-29-37(50)45(43-24-13-11-23(42)12-14-24)39(52)40(29,35)21-7-9-22(41)10-8-21/h7-15,18-19,27-29,33,35,43,46H,3-6,16-17,20H2,1-2H3,(H,47,48). The topological polar surface area (TPSA) is 163 Å². The maximum atomic E-state index is 15.4. The molecule has 3 N–H and O–H groups in total. The van der Waals surface area contributed by atoms with Crippen molar-refractivity contribution in [3.05, 3.63) is 94.3 Å². The number of hydrogen-bond acceptors (Lipinski definition) is 9. The zero-order valence-electron chi connectivity index (χ0n) is 29.6. The van der Waals surface area contributed by atoms with E-state index in [4.69, 9.17) is 26.2 Å². The van der Waals surface area contributed by atoms with Crippen LogP contribution in [0.15, 0.2) is 72.3 Å². The molecule has 1 saturated carbocycles. The summed E-state index contributed by atoms with van der Waals surface area (Å²) >= 11 is 6.37. The van der Waals surface area contributed by atoms with Crippen molar-refractivity contribution in [3.63, 3.8) is 0 Å². The number of ether oxygens (including phenoxy) is 2. The zero-order chi connectivity index (χ0) is 38.5. The van der Waals surface area contributed by atoms with E-state index >= 15 is 4.79 Å². The number of aliphatic carboxylic acids is 1. The van der Waals surface area contributed by atoms with Gasteiger partial charge in [-0.25, -0.2) is 4.39 Å². The van der Waals surface area contributed by atoms with Crippen LogP contribution >= 0.6 is 11.6 Å². The van der Waals surface area contributed by atoms with Crippen LogP contribution in [-0.4, -0.2) is 70.5 Å². The molecule has 2 aliphatic carbocycles. The molecule has 4 aliphatic rings. The van der Waals surface area contributed by atoms with E-state index in [2.05, 4.69) is 5.43 Å². The SMILES string of the molecule is COc1cc(O)cc(OC)c1C1C2=CCC3C(=O)N(CCCCCC(=O)O)C(=O)C3C2CC2C(=O)N(Nc3ccc(F)cc3)C(=O)C21c1ccc(Cl)cc1. The molecule has 3 aromatic carbocycles. The number of carboxylic acid groups (broad SMARTS) is 1. The van der Waals surface area contributed by atoms with Crippen molar-refractivity contribution in [2.75, 3.05) is 26.2 Å². The number of imide groups is 2. The molecule has 2 saturated heterocycles. The summed E-state index contributed by atoms with van der Waals surface area (Å²) in [5, 5.41) is 21.1. The van der Waals surface area contributed by atoms with Gasteiger partial charge in [0, 0.05) is 41.6 Å². The molecule has 7 rings (SSSR count). The van der Waals surface area contributed by atoms with E-state index in [9.17, 15) is 28.7 Å². The van der Waals surface area contributed by atoms with Gasteiger partial charge in [0.05, 0.1) is 43.1 Å². The van der Waals surface area contributed by atoms with Gasteiger partial charge in [-0.3, -0.25) is 34.3 Å². The number of fused-ring (bicyclic) bond motifs is 4. The number of hydrazine groups is 1. The number of phenolic OH excluding ortho intramolecular Hbond substituents is 1. The first-order valence-corrected chi connectivity index (χ1v) is 18.2. The Labute approximate surface area is 315 Å². The van der Waals surface area contributed by atoms with Gasteiger partial charge in [-0.1, -0.05) is 41.8 Å². The average Bonchev–Trinajstić information content (AvgIpc) is 3.52. The summed E-state index contributed by atoms with van der Waals surface area (Å²) in [6, 6.07) is 14.6. The largest absolute Gasteiger partial charge is 0.508 e. The van der Waals surface area contributed by atoms with E-state index in [0.717, 1.165) is 5.01 Å².